The fourth-order valence-corrected chi connectivity index (χ4v) is 3.36. The number of sulfone groups is 1. The average molecular weight is 251 g/mol. The largest absolute Gasteiger partial charge is 0.379 e. The summed E-state index contributed by atoms with van der Waals surface area (Å²) in [4.78, 5) is 11.2. The molecule has 1 unspecified atom stereocenters. The van der Waals surface area contributed by atoms with Gasteiger partial charge >= 0.3 is 0 Å². The summed E-state index contributed by atoms with van der Waals surface area (Å²) in [7, 11) is -2.96. The molecule has 0 aliphatic carbocycles. The summed E-state index contributed by atoms with van der Waals surface area (Å²) < 4.78 is 22.2. The van der Waals surface area contributed by atoms with E-state index in [9.17, 15) is 13.2 Å². The summed E-state index contributed by atoms with van der Waals surface area (Å²) in [6.07, 6.45) is 0.471. The number of hydrogen-bond donors (Lipinski definition) is 3. The molecule has 15 heavy (non-hydrogen) atoms. The molecule has 1 aliphatic rings. The zero-order chi connectivity index (χ0) is 11.5. The van der Waals surface area contributed by atoms with Crippen LogP contribution in [0.15, 0.2) is 0 Å². The highest BCUT2D eigenvalue weighted by atomic mass is 32.2. The quantitative estimate of drug-likeness (QED) is 0.436. The van der Waals surface area contributed by atoms with Crippen molar-refractivity contribution in [3.63, 3.8) is 0 Å². The lowest BCUT2D eigenvalue weighted by atomic mass is 10.3. The average Bonchev–Trinajstić information content (AvgIpc) is 2.42. The van der Waals surface area contributed by atoms with E-state index in [2.05, 4.69) is 5.32 Å². The standard InChI is InChI=1S/C7H13N3O3S2/c8-7(9)14-3-6(11)10-5-1-2-15(12,13)4-5/h5H,1-4H2,(H3,8,9)(H,10,11). The summed E-state index contributed by atoms with van der Waals surface area (Å²) in [6, 6.07) is -0.282. The topological polar surface area (TPSA) is 113 Å². The molecule has 1 saturated heterocycles. The summed E-state index contributed by atoms with van der Waals surface area (Å²) in [5.74, 6) is -0.0648. The Balaban J connectivity index is 2.31. The lowest BCUT2D eigenvalue weighted by molar-refractivity contribution is -0.119. The van der Waals surface area contributed by atoms with Crippen LogP contribution < -0.4 is 11.1 Å². The van der Waals surface area contributed by atoms with Crippen LogP contribution in [0.3, 0.4) is 0 Å². The first kappa shape index (κ1) is 12.3. The number of thioether (sulfide) groups is 1. The van der Waals surface area contributed by atoms with Gasteiger partial charge in [0.05, 0.1) is 17.3 Å². The van der Waals surface area contributed by atoms with E-state index >= 15 is 0 Å². The van der Waals surface area contributed by atoms with E-state index in [-0.39, 0.29) is 34.4 Å². The maximum Gasteiger partial charge on any atom is 0.230 e. The molecule has 0 aromatic heterocycles. The lowest BCUT2D eigenvalue weighted by Gasteiger charge is -2.09. The maximum absolute atomic E-state index is 11.2. The highest BCUT2D eigenvalue weighted by Crippen LogP contribution is 2.11. The van der Waals surface area contributed by atoms with Crippen LogP contribution in [-0.2, 0) is 14.6 Å². The summed E-state index contributed by atoms with van der Waals surface area (Å²) >= 11 is 0.922. The number of carbonyl (C=O) groups excluding carboxylic acids is 1. The van der Waals surface area contributed by atoms with Gasteiger partial charge < -0.3 is 11.1 Å². The Labute approximate surface area is 92.4 Å². The van der Waals surface area contributed by atoms with E-state index in [0.717, 1.165) is 11.8 Å². The molecule has 0 radical (unpaired) electrons. The first-order chi connectivity index (χ1) is 6.89. The molecule has 0 spiro atoms. The Morgan fingerprint density at radius 2 is 2.27 bits per heavy atom. The summed E-state index contributed by atoms with van der Waals surface area (Å²) in [5.41, 5.74) is 5.06. The molecule has 1 fully saturated rings. The molecule has 1 heterocycles. The molecule has 0 saturated carbocycles. The van der Waals surface area contributed by atoms with E-state index in [1.165, 1.54) is 0 Å². The Hall–Kier alpha value is -0.760. The van der Waals surface area contributed by atoms with Gasteiger partial charge in [0.15, 0.2) is 15.0 Å². The smallest absolute Gasteiger partial charge is 0.230 e. The second-order valence-electron chi connectivity index (χ2n) is 3.32. The van der Waals surface area contributed by atoms with Gasteiger partial charge in [-0.1, -0.05) is 11.8 Å². The van der Waals surface area contributed by atoms with Crippen LogP contribution in [0.2, 0.25) is 0 Å². The van der Waals surface area contributed by atoms with Gasteiger partial charge in [-0.15, -0.1) is 0 Å². The summed E-state index contributed by atoms with van der Waals surface area (Å²) in [5, 5.41) is 9.38. The molecule has 0 aromatic carbocycles. The van der Waals surface area contributed by atoms with Crippen molar-refractivity contribution in [2.75, 3.05) is 17.3 Å². The highest BCUT2D eigenvalue weighted by molar-refractivity contribution is 8.14. The molecule has 4 N–H and O–H groups in total. The number of nitrogens with two attached hydrogens (primary N) is 1. The molecule has 1 atom stereocenters. The molecule has 1 aliphatic heterocycles. The van der Waals surface area contributed by atoms with Crippen molar-refractivity contribution in [3.8, 4) is 0 Å². The predicted octanol–water partition coefficient (Wildman–Crippen LogP) is -1.08. The number of amides is 1. The van der Waals surface area contributed by atoms with Crippen LogP contribution in [0.5, 0.6) is 0 Å². The van der Waals surface area contributed by atoms with Crippen molar-refractivity contribution in [1.29, 1.82) is 5.41 Å². The number of nitrogens with one attached hydrogen (secondary N) is 2. The van der Waals surface area contributed by atoms with Crippen LogP contribution >= 0.6 is 11.8 Å². The molecule has 8 heteroatoms. The van der Waals surface area contributed by atoms with Crippen LogP contribution in [0.25, 0.3) is 0 Å². The zero-order valence-corrected chi connectivity index (χ0v) is 9.66. The second kappa shape index (κ2) is 4.84. The van der Waals surface area contributed by atoms with Crippen LogP contribution in [0.1, 0.15) is 6.42 Å². The molecular weight excluding hydrogens is 238 g/mol. The van der Waals surface area contributed by atoms with Crippen molar-refractivity contribution in [2.24, 2.45) is 5.73 Å². The van der Waals surface area contributed by atoms with Gasteiger partial charge in [0.25, 0.3) is 0 Å². The van der Waals surface area contributed by atoms with E-state index < -0.39 is 9.84 Å². The minimum absolute atomic E-state index is 0.0173. The van der Waals surface area contributed by atoms with Gasteiger partial charge in [-0.3, -0.25) is 10.2 Å². The Morgan fingerprint density at radius 3 is 2.73 bits per heavy atom. The Kier molecular flexibility index (Phi) is 3.97. The highest BCUT2D eigenvalue weighted by Gasteiger charge is 2.28. The van der Waals surface area contributed by atoms with E-state index in [4.69, 9.17) is 11.1 Å². The minimum Gasteiger partial charge on any atom is -0.379 e. The normalized spacial score (nSPS) is 23.6. The van der Waals surface area contributed by atoms with Gasteiger partial charge in [-0.25, -0.2) is 8.42 Å². The Bertz CT molecular complexity index is 366. The number of amidine groups is 1. The van der Waals surface area contributed by atoms with Crippen molar-refractivity contribution >= 4 is 32.7 Å². The third-order valence-electron chi connectivity index (χ3n) is 1.96. The van der Waals surface area contributed by atoms with Gasteiger partial charge in [-0.05, 0) is 6.42 Å². The molecule has 86 valence electrons. The zero-order valence-electron chi connectivity index (χ0n) is 8.02. The molecule has 0 bridgehead atoms. The fraction of sp³-hybridized carbons (Fsp3) is 0.714. The fourth-order valence-electron chi connectivity index (χ4n) is 1.32. The molecular formula is C7H13N3O3S2. The minimum atomic E-state index is -2.96. The van der Waals surface area contributed by atoms with Gasteiger partial charge in [0, 0.05) is 6.04 Å². The van der Waals surface area contributed by atoms with Crippen molar-refractivity contribution < 1.29 is 13.2 Å². The third kappa shape index (κ3) is 4.52. The van der Waals surface area contributed by atoms with Crippen molar-refractivity contribution in [1.82, 2.24) is 5.32 Å². The van der Waals surface area contributed by atoms with E-state index in [1.807, 2.05) is 0 Å². The van der Waals surface area contributed by atoms with Gasteiger partial charge in [0.2, 0.25) is 5.91 Å². The number of rotatable bonds is 3. The first-order valence-electron chi connectivity index (χ1n) is 4.36. The second-order valence-corrected chi connectivity index (χ2v) is 6.57. The first-order valence-corrected chi connectivity index (χ1v) is 7.16. The Morgan fingerprint density at radius 1 is 1.60 bits per heavy atom. The number of carbonyl (C=O) groups is 1. The summed E-state index contributed by atoms with van der Waals surface area (Å²) in [6.45, 7) is 0. The van der Waals surface area contributed by atoms with Gasteiger partial charge in [0.1, 0.15) is 0 Å². The van der Waals surface area contributed by atoms with E-state index in [0.29, 0.717) is 6.42 Å². The maximum atomic E-state index is 11.2. The molecule has 1 amide bonds. The molecule has 0 aromatic rings. The van der Waals surface area contributed by atoms with Crippen LogP contribution in [0, 0.1) is 5.41 Å². The van der Waals surface area contributed by atoms with Crippen LogP contribution in [0.4, 0.5) is 0 Å². The lowest BCUT2D eigenvalue weighted by Crippen LogP contribution is -2.37. The van der Waals surface area contributed by atoms with Crippen molar-refractivity contribution in [3.05, 3.63) is 0 Å². The molecule has 6 nitrogen and oxygen atoms in total. The van der Waals surface area contributed by atoms with Crippen molar-refractivity contribution in [2.45, 2.75) is 12.5 Å². The third-order valence-corrected chi connectivity index (χ3v) is 4.44. The monoisotopic (exact) mass is 251 g/mol. The predicted molar refractivity (Wildman–Crippen MR) is 59.6 cm³/mol. The van der Waals surface area contributed by atoms with Gasteiger partial charge in [-0.2, -0.15) is 0 Å². The van der Waals surface area contributed by atoms with Crippen LogP contribution in [-0.4, -0.2) is 42.8 Å². The SMILES string of the molecule is N=C(N)SCC(=O)NC1CCS(=O)(=O)C1. The number of hydrogen-bond acceptors (Lipinski definition) is 5. The molecule has 1 rings (SSSR count). The van der Waals surface area contributed by atoms with E-state index in [1.54, 1.807) is 0 Å².